The Morgan fingerprint density at radius 2 is 1.75 bits per heavy atom. The van der Waals surface area contributed by atoms with E-state index in [2.05, 4.69) is 5.32 Å². The van der Waals surface area contributed by atoms with E-state index in [1.807, 2.05) is 31.2 Å². The summed E-state index contributed by atoms with van der Waals surface area (Å²) in [5, 5.41) is 4.62. The number of hydrogen-bond acceptors (Lipinski definition) is 1. The standard InChI is InChI=1S/C16H16Cl2FN/c1-2-20-16(11-5-3-6-12(19)9-11)10-13-14(17)7-4-8-15(13)18/h3-9,16,20H,2,10H2,1H3. The molecule has 0 aliphatic heterocycles. The van der Waals surface area contributed by atoms with Crippen LogP contribution in [0.5, 0.6) is 0 Å². The van der Waals surface area contributed by atoms with Gasteiger partial charge in [0.25, 0.3) is 0 Å². The summed E-state index contributed by atoms with van der Waals surface area (Å²) in [5.41, 5.74) is 1.77. The Morgan fingerprint density at radius 1 is 1.10 bits per heavy atom. The highest BCUT2D eigenvalue weighted by atomic mass is 35.5. The van der Waals surface area contributed by atoms with E-state index in [0.717, 1.165) is 17.7 Å². The summed E-state index contributed by atoms with van der Waals surface area (Å²) in [6.45, 7) is 2.80. The predicted octanol–water partition coefficient (Wildman–Crippen LogP) is 5.03. The van der Waals surface area contributed by atoms with Crippen molar-refractivity contribution in [1.82, 2.24) is 5.32 Å². The second-order valence-electron chi connectivity index (χ2n) is 4.57. The fraction of sp³-hybridized carbons (Fsp3) is 0.250. The molecule has 1 nitrogen and oxygen atoms in total. The fourth-order valence-electron chi connectivity index (χ4n) is 2.21. The Balaban J connectivity index is 2.30. The largest absolute Gasteiger partial charge is 0.310 e. The number of hydrogen-bond donors (Lipinski definition) is 1. The molecule has 2 aromatic carbocycles. The van der Waals surface area contributed by atoms with Crippen molar-refractivity contribution in [2.45, 2.75) is 19.4 Å². The van der Waals surface area contributed by atoms with E-state index < -0.39 is 0 Å². The number of halogens is 3. The summed E-state index contributed by atoms with van der Waals surface area (Å²) in [4.78, 5) is 0. The smallest absolute Gasteiger partial charge is 0.123 e. The molecule has 0 radical (unpaired) electrons. The van der Waals surface area contributed by atoms with Gasteiger partial charge in [0, 0.05) is 16.1 Å². The first kappa shape index (κ1) is 15.3. The van der Waals surface area contributed by atoms with Crippen molar-refractivity contribution < 1.29 is 4.39 Å². The molecule has 0 bridgehead atoms. The van der Waals surface area contributed by atoms with Gasteiger partial charge in [-0.25, -0.2) is 4.39 Å². The van der Waals surface area contributed by atoms with Gasteiger partial charge < -0.3 is 5.32 Å². The molecule has 2 rings (SSSR count). The van der Waals surface area contributed by atoms with E-state index in [1.165, 1.54) is 12.1 Å². The molecule has 0 fully saturated rings. The first-order chi connectivity index (χ1) is 9.61. The lowest BCUT2D eigenvalue weighted by Crippen LogP contribution is -2.23. The van der Waals surface area contributed by atoms with Crippen LogP contribution < -0.4 is 5.32 Å². The number of rotatable bonds is 5. The highest BCUT2D eigenvalue weighted by Gasteiger charge is 2.15. The van der Waals surface area contributed by atoms with Gasteiger partial charge in [0.05, 0.1) is 0 Å². The van der Waals surface area contributed by atoms with Crippen molar-refractivity contribution >= 4 is 23.2 Å². The Kier molecular flexibility index (Phi) is 5.41. The van der Waals surface area contributed by atoms with Gasteiger partial charge in [-0.15, -0.1) is 0 Å². The summed E-state index contributed by atoms with van der Waals surface area (Å²) in [6, 6.07) is 12.0. The van der Waals surface area contributed by atoms with Crippen molar-refractivity contribution in [3.8, 4) is 0 Å². The van der Waals surface area contributed by atoms with E-state index in [0.29, 0.717) is 16.5 Å². The normalized spacial score (nSPS) is 12.4. The summed E-state index contributed by atoms with van der Waals surface area (Å²) in [6.07, 6.45) is 0.621. The molecule has 0 amide bonds. The van der Waals surface area contributed by atoms with E-state index in [4.69, 9.17) is 23.2 Å². The van der Waals surface area contributed by atoms with E-state index in [1.54, 1.807) is 6.07 Å². The zero-order valence-corrected chi connectivity index (χ0v) is 12.7. The zero-order valence-electron chi connectivity index (χ0n) is 11.2. The zero-order chi connectivity index (χ0) is 14.5. The van der Waals surface area contributed by atoms with E-state index in [-0.39, 0.29) is 11.9 Å². The van der Waals surface area contributed by atoms with E-state index in [9.17, 15) is 4.39 Å². The molecule has 20 heavy (non-hydrogen) atoms. The third-order valence-corrected chi connectivity index (χ3v) is 3.88. The summed E-state index contributed by atoms with van der Waals surface area (Å²) < 4.78 is 13.4. The van der Waals surface area contributed by atoms with Crippen molar-refractivity contribution in [2.24, 2.45) is 0 Å². The van der Waals surface area contributed by atoms with Crippen LogP contribution in [0.1, 0.15) is 24.1 Å². The molecule has 0 saturated heterocycles. The molecule has 0 aromatic heterocycles. The van der Waals surface area contributed by atoms with Gasteiger partial charge in [-0.05, 0) is 48.4 Å². The van der Waals surface area contributed by atoms with Gasteiger partial charge in [-0.1, -0.05) is 48.3 Å². The maximum atomic E-state index is 13.4. The highest BCUT2D eigenvalue weighted by molar-refractivity contribution is 6.36. The maximum Gasteiger partial charge on any atom is 0.123 e. The van der Waals surface area contributed by atoms with Crippen molar-refractivity contribution in [3.05, 3.63) is 69.5 Å². The van der Waals surface area contributed by atoms with Crippen LogP contribution in [-0.4, -0.2) is 6.54 Å². The van der Waals surface area contributed by atoms with Gasteiger partial charge in [-0.3, -0.25) is 0 Å². The Labute approximate surface area is 128 Å². The number of benzene rings is 2. The average molecular weight is 312 g/mol. The maximum absolute atomic E-state index is 13.4. The van der Waals surface area contributed by atoms with Crippen LogP contribution in [0.3, 0.4) is 0 Å². The summed E-state index contributed by atoms with van der Waals surface area (Å²) in [5.74, 6) is -0.240. The average Bonchev–Trinajstić information content (AvgIpc) is 2.42. The highest BCUT2D eigenvalue weighted by Crippen LogP contribution is 2.29. The number of nitrogens with one attached hydrogen (secondary N) is 1. The monoisotopic (exact) mass is 311 g/mol. The molecule has 0 aliphatic rings. The summed E-state index contributed by atoms with van der Waals surface area (Å²) >= 11 is 12.4. The molecule has 4 heteroatoms. The molecule has 1 unspecified atom stereocenters. The van der Waals surface area contributed by atoms with Gasteiger partial charge in [0.1, 0.15) is 5.82 Å². The van der Waals surface area contributed by atoms with Crippen LogP contribution in [0, 0.1) is 5.82 Å². The molecular formula is C16H16Cl2FN. The molecular weight excluding hydrogens is 296 g/mol. The van der Waals surface area contributed by atoms with E-state index >= 15 is 0 Å². The van der Waals surface area contributed by atoms with Crippen molar-refractivity contribution in [1.29, 1.82) is 0 Å². The molecule has 0 heterocycles. The lowest BCUT2D eigenvalue weighted by molar-refractivity contribution is 0.543. The minimum atomic E-state index is -0.240. The minimum absolute atomic E-state index is 0.0203. The van der Waals surface area contributed by atoms with Crippen LogP contribution in [0.2, 0.25) is 10.0 Å². The molecule has 2 aromatic rings. The first-order valence-corrected chi connectivity index (χ1v) is 7.29. The van der Waals surface area contributed by atoms with Gasteiger partial charge in [0.2, 0.25) is 0 Å². The Bertz CT molecular complexity index is 566. The quantitative estimate of drug-likeness (QED) is 0.817. The van der Waals surface area contributed by atoms with Crippen LogP contribution >= 0.6 is 23.2 Å². The Hall–Kier alpha value is -1.09. The third-order valence-electron chi connectivity index (χ3n) is 3.17. The lowest BCUT2D eigenvalue weighted by atomic mass is 9.98. The number of likely N-dealkylation sites (N-methyl/N-ethyl adjacent to an activating group) is 1. The molecule has 1 N–H and O–H groups in total. The van der Waals surface area contributed by atoms with Gasteiger partial charge in [-0.2, -0.15) is 0 Å². The topological polar surface area (TPSA) is 12.0 Å². The first-order valence-electron chi connectivity index (χ1n) is 6.53. The molecule has 1 atom stereocenters. The van der Waals surface area contributed by atoms with Crippen LogP contribution in [0.25, 0.3) is 0 Å². The van der Waals surface area contributed by atoms with Gasteiger partial charge in [0.15, 0.2) is 0 Å². The van der Waals surface area contributed by atoms with Crippen molar-refractivity contribution in [2.75, 3.05) is 6.54 Å². The molecule has 106 valence electrons. The van der Waals surface area contributed by atoms with Crippen molar-refractivity contribution in [3.63, 3.8) is 0 Å². The van der Waals surface area contributed by atoms with Crippen LogP contribution in [-0.2, 0) is 6.42 Å². The Morgan fingerprint density at radius 3 is 2.35 bits per heavy atom. The second-order valence-corrected chi connectivity index (χ2v) is 5.38. The fourth-order valence-corrected chi connectivity index (χ4v) is 2.76. The lowest BCUT2D eigenvalue weighted by Gasteiger charge is -2.20. The van der Waals surface area contributed by atoms with Crippen LogP contribution in [0.15, 0.2) is 42.5 Å². The SMILES string of the molecule is CCNC(Cc1c(Cl)cccc1Cl)c1cccc(F)c1. The molecule has 0 aliphatic carbocycles. The van der Waals surface area contributed by atoms with Crippen LogP contribution in [0.4, 0.5) is 4.39 Å². The molecule has 0 spiro atoms. The summed E-state index contributed by atoms with van der Waals surface area (Å²) in [7, 11) is 0. The second kappa shape index (κ2) is 7.07. The minimum Gasteiger partial charge on any atom is -0.310 e. The predicted molar refractivity (Wildman–Crippen MR) is 83.0 cm³/mol. The molecule has 0 saturated carbocycles. The third kappa shape index (κ3) is 3.72. The van der Waals surface area contributed by atoms with Gasteiger partial charge >= 0.3 is 0 Å².